The summed E-state index contributed by atoms with van der Waals surface area (Å²) in [5, 5.41) is 6.83. The molecule has 0 unspecified atom stereocenters. The smallest absolute Gasteiger partial charge is 0.238 e. The number of nitrogens with zero attached hydrogens (tertiary/aromatic N) is 1. The summed E-state index contributed by atoms with van der Waals surface area (Å²) in [5.41, 5.74) is 7.53. The van der Waals surface area contributed by atoms with Gasteiger partial charge in [0.1, 0.15) is 0 Å². The van der Waals surface area contributed by atoms with Gasteiger partial charge in [0.2, 0.25) is 10.0 Å². The lowest BCUT2D eigenvalue weighted by molar-refractivity contribution is 0.567. The first-order valence-electron chi connectivity index (χ1n) is 6.57. The Hall–Kier alpha value is -2.02. The molecule has 114 valence electrons. The molecule has 1 heterocycles. The maximum absolute atomic E-state index is 12.2. The number of nitrogens with one attached hydrogen (secondary N) is 2. The van der Waals surface area contributed by atoms with Crippen LogP contribution < -0.4 is 10.5 Å². The van der Waals surface area contributed by atoms with Gasteiger partial charge in [0.25, 0.3) is 0 Å². The quantitative estimate of drug-likeness (QED) is 0.754. The van der Waals surface area contributed by atoms with Crippen LogP contribution in [0.1, 0.15) is 32.0 Å². The van der Waals surface area contributed by atoms with Crippen LogP contribution in [0.2, 0.25) is 0 Å². The highest BCUT2D eigenvalue weighted by Crippen LogP contribution is 2.23. The predicted molar refractivity (Wildman–Crippen MR) is 84.4 cm³/mol. The first-order valence-corrected chi connectivity index (χ1v) is 8.22. The monoisotopic (exact) mass is 308 g/mol. The van der Waals surface area contributed by atoms with E-state index in [0.29, 0.717) is 11.3 Å². The molecule has 1 aromatic heterocycles. The summed E-state index contributed by atoms with van der Waals surface area (Å²) in [4.78, 5) is 0. The number of sulfonamides is 1. The number of hydrogen-bond donors (Lipinski definition) is 3. The van der Waals surface area contributed by atoms with Crippen molar-refractivity contribution in [1.29, 1.82) is 0 Å². The first kappa shape index (κ1) is 15.4. The van der Waals surface area contributed by atoms with E-state index in [1.165, 1.54) is 0 Å². The van der Waals surface area contributed by atoms with Gasteiger partial charge < -0.3 is 5.73 Å². The summed E-state index contributed by atoms with van der Waals surface area (Å²) in [6, 6.07) is 8.60. The van der Waals surface area contributed by atoms with E-state index in [2.05, 4.69) is 14.9 Å². The fourth-order valence-electron chi connectivity index (χ4n) is 1.82. The molecule has 1 aromatic carbocycles. The molecule has 0 aliphatic rings. The molecule has 0 atom stereocenters. The first-order chi connectivity index (χ1) is 9.67. The molecule has 6 nitrogen and oxygen atoms in total. The standard InChI is InChI=1S/C14H20N4O2S/c1-14(2,3)12-8-13(17-16-12)18-21(19,20)9-10-6-4-5-7-11(10)15/h4-8H,9,15H2,1-3H3,(H2,16,17,18). The average molecular weight is 308 g/mol. The molecular formula is C14H20N4O2S. The van der Waals surface area contributed by atoms with E-state index in [1.807, 2.05) is 20.8 Å². The number of H-pyrrole nitrogens is 1. The number of rotatable bonds is 4. The van der Waals surface area contributed by atoms with E-state index in [9.17, 15) is 8.42 Å². The highest BCUT2D eigenvalue weighted by molar-refractivity contribution is 7.91. The Morgan fingerprint density at radius 2 is 1.95 bits per heavy atom. The Kier molecular flexibility index (Phi) is 3.95. The van der Waals surface area contributed by atoms with E-state index < -0.39 is 10.0 Å². The fraction of sp³-hybridized carbons (Fsp3) is 0.357. The zero-order valence-corrected chi connectivity index (χ0v) is 13.2. The van der Waals surface area contributed by atoms with Gasteiger partial charge in [0.15, 0.2) is 5.82 Å². The molecule has 0 radical (unpaired) electrons. The highest BCUT2D eigenvalue weighted by atomic mass is 32.2. The molecule has 0 bridgehead atoms. The number of hydrogen-bond acceptors (Lipinski definition) is 4. The van der Waals surface area contributed by atoms with Crippen LogP contribution in [0.5, 0.6) is 0 Å². The molecule has 0 aliphatic carbocycles. The average Bonchev–Trinajstić information content (AvgIpc) is 2.79. The third-order valence-corrected chi connectivity index (χ3v) is 4.26. The minimum atomic E-state index is -3.55. The van der Waals surface area contributed by atoms with Crippen molar-refractivity contribution in [3.8, 4) is 0 Å². The second kappa shape index (κ2) is 5.40. The Balaban J connectivity index is 2.15. The minimum absolute atomic E-state index is 0.124. The number of nitrogens with two attached hydrogens (primary N) is 1. The third kappa shape index (κ3) is 3.98. The molecule has 21 heavy (non-hydrogen) atoms. The lowest BCUT2D eigenvalue weighted by Gasteiger charge is -2.14. The largest absolute Gasteiger partial charge is 0.398 e. The van der Waals surface area contributed by atoms with Gasteiger partial charge in [0.05, 0.1) is 5.75 Å². The second-order valence-corrected chi connectivity index (χ2v) is 7.70. The maximum atomic E-state index is 12.2. The van der Waals surface area contributed by atoms with Crippen molar-refractivity contribution in [2.75, 3.05) is 10.5 Å². The van der Waals surface area contributed by atoms with Crippen molar-refractivity contribution in [3.05, 3.63) is 41.6 Å². The Labute approximate surface area is 124 Å². The summed E-state index contributed by atoms with van der Waals surface area (Å²) in [6.45, 7) is 6.05. The van der Waals surface area contributed by atoms with Crippen LogP contribution in [-0.2, 0) is 21.2 Å². The molecule has 0 fully saturated rings. The Morgan fingerprint density at radius 1 is 1.29 bits per heavy atom. The van der Waals surface area contributed by atoms with Crippen molar-refractivity contribution in [1.82, 2.24) is 10.2 Å². The maximum Gasteiger partial charge on any atom is 0.238 e. The SMILES string of the molecule is CC(C)(C)c1cc(NS(=O)(=O)Cc2ccccc2N)n[nH]1. The summed E-state index contributed by atoms with van der Waals surface area (Å²) < 4.78 is 26.8. The predicted octanol–water partition coefficient (Wildman–Crippen LogP) is 2.23. The lowest BCUT2D eigenvalue weighted by Crippen LogP contribution is -2.16. The number of aromatic amines is 1. The number of anilines is 2. The van der Waals surface area contributed by atoms with Crippen molar-refractivity contribution >= 4 is 21.5 Å². The van der Waals surface area contributed by atoms with Crippen molar-refractivity contribution in [2.45, 2.75) is 31.9 Å². The lowest BCUT2D eigenvalue weighted by atomic mass is 9.92. The van der Waals surface area contributed by atoms with E-state index in [-0.39, 0.29) is 17.0 Å². The molecule has 0 aliphatic heterocycles. The van der Waals surface area contributed by atoms with Gasteiger partial charge in [-0.25, -0.2) is 8.42 Å². The van der Waals surface area contributed by atoms with Crippen LogP contribution in [0.25, 0.3) is 0 Å². The molecular weight excluding hydrogens is 288 g/mol. The Bertz CT molecular complexity index is 729. The highest BCUT2D eigenvalue weighted by Gasteiger charge is 2.19. The molecule has 2 rings (SSSR count). The van der Waals surface area contributed by atoms with Gasteiger partial charge in [-0.2, -0.15) is 5.10 Å². The van der Waals surface area contributed by atoms with Crippen molar-refractivity contribution < 1.29 is 8.42 Å². The fourth-order valence-corrected chi connectivity index (χ4v) is 2.99. The van der Waals surface area contributed by atoms with Crippen molar-refractivity contribution in [3.63, 3.8) is 0 Å². The van der Waals surface area contributed by atoms with Crippen LogP contribution >= 0.6 is 0 Å². The molecule has 7 heteroatoms. The van der Waals surface area contributed by atoms with Gasteiger partial charge in [-0.15, -0.1) is 0 Å². The molecule has 0 spiro atoms. The van der Waals surface area contributed by atoms with E-state index in [0.717, 1.165) is 5.69 Å². The molecule has 0 saturated carbocycles. The van der Waals surface area contributed by atoms with E-state index >= 15 is 0 Å². The summed E-state index contributed by atoms with van der Waals surface area (Å²) in [5.74, 6) is 0.103. The van der Waals surface area contributed by atoms with Gasteiger partial charge in [-0.05, 0) is 11.6 Å². The summed E-state index contributed by atoms with van der Waals surface area (Å²) >= 11 is 0. The van der Waals surface area contributed by atoms with Gasteiger partial charge in [-0.1, -0.05) is 39.0 Å². The normalized spacial score (nSPS) is 12.3. The van der Waals surface area contributed by atoms with Crippen LogP contribution in [0.4, 0.5) is 11.5 Å². The summed E-state index contributed by atoms with van der Waals surface area (Å²) in [6.07, 6.45) is 0. The number of aromatic nitrogens is 2. The van der Waals surface area contributed by atoms with Gasteiger partial charge >= 0.3 is 0 Å². The van der Waals surface area contributed by atoms with E-state index in [4.69, 9.17) is 5.73 Å². The zero-order chi connectivity index (χ0) is 15.7. The number of para-hydroxylation sites is 1. The van der Waals surface area contributed by atoms with Crippen LogP contribution in [-0.4, -0.2) is 18.6 Å². The minimum Gasteiger partial charge on any atom is -0.398 e. The molecule has 2 aromatic rings. The molecule has 0 saturated heterocycles. The number of benzene rings is 1. The van der Waals surface area contributed by atoms with Crippen LogP contribution in [0.3, 0.4) is 0 Å². The van der Waals surface area contributed by atoms with Gasteiger partial charge in [0, 0.05) is 22.9 Å². The molecule has 0 amide bonds. The van der Waals surface area contributed by atoms with E-state index in [1.54, 1.807) is 30.3 Å². The molecule has 4 N–H and O–H groups in total. The third-order valence-electron chi connectivity index (χ3n) is 3.05. The second-order valence-electron chi connectivity index (χ2n) is 5.98. The zero-order valence-electron chi connectivity index (χ0n) is 12.3. The number of nitrogen functional groups attached to an aromatic ring is 1. The van der Waals surface area contributed by atoms with Gasteiger partial charge in [-0.3, -0.25) is 9.82 Å². The Morgan fingerprint density at radius 3 is 2.52 bits per heavy atom. The van der Waals surface area contributed by atoms with Crippen LogP contribution in [0.15, 0.2) is 30.3 Å². The summed E-state index contributed by atoms with van der Waals surface area (Å²) in [7, 11) is -3.55. The topological polar surface area (TPSA) is 101 Å². The van der Waals surface area contributed by atoms with Crippen LogP contribution in [0, 0.1) is 0 Å². The van der Waals surface area contributed by atoms with Crippen molar-refractivity contribution in [2.24, 2.45) is 0 Å².